The van der Waals surface area contributed by atoms with Crippen molar-refractivity contribution >= 4 is 137 Å². The lowest BCUT2D eigenvalue weighted by Gasteiger charge is -2.11. The first kappa shape index (κ1) is 54.8. The minimum Gasteiger partial charge on any atom is -0.507 e. The van der Waals surface area contributed by atoms with E-state index in [1.807, 2.05) is 0 Å². The highest BCUT2D eigenvalue weighted by Gasteiger charge is 2.23. The number of amides is 4. The molecule has 400 valence electrons. The normalized spacial score (nSPS) is 12.3. The lowest BCUT2D eigenvalue weighted by molar-refractivity contribution is 0.101. The van der Waals surface area contributed by atoms with Gasteiger partial charge in [-0.15, -0.1) is 20.5 Å². The molecule has 4 amide bonds. The first-order valence-corrected chi connectivity index (χ1v) is 27.3. The number of aromatic hydroxyl groups is 2. The number of nitrogen functional groups attached to an aromatic ring is 2. The van der Waals surface area contributed by atoms with Gasteiger partial charge >= 0.3 is 6.03 Å². The van der Waals surface area contributed by atoms with Crippen LogP contribution in [0.5, 0.6) is 11.5 Å². The summed E-state index contributed by atoms with van der Waals surface area (Å²) in [6, 6.07) is 25.3. The van der Waals surface area contributed by atoms with Crippen LogP contribution < -0.4 is 32.7 Å². The molecule has 78 heavy (non-hydrogen) atoms. The number of phenolic OH excluding ortho intramolecular Hbond substituents is 2. The largest absolute Gasteiger partial charge is 0.507 e. The van der Waals surface area contributed by atoms with Crippen LogP contribution in [0.3, 0.4) is 0 Å². The van der Waals surface area contributed by atoms with Crippen LogP contribution in [0.15, 0.2) is 173 Å². The predicted molar refractivity (Wildman–Crippen MR) is 282 cm³/mol. The highest BCUT2D eigenvalue weighted by Crippen LogP contribution is 2.43. The zero-order chi connectivity index (χ0) is 56.6. The molecule has 8 aromatic rings. The van der Waals surface area contributed by atoms with Crippen LogP contribution in [0.2, 0.25) is 0 Å². The summed E-state index contributed by atoms with van der Waals surface area (Å²) in [5.74, 6) is -2.81. The fraction of sp³-hybridized carbons (Fsp3) is 0. The van der Waals surface area contributed by atoms with Gasteiger partial charge < -0.3 is 42.9 Å². The predicted octanol–water partition coefficient (Wildman–Crippen LogP) is 8.53. The number of phenols is 2. The molecular weight excluding hydrogens is 1100 g/mol. The Balaban J connectivity index is 0.886. The molecular formula is C47H36N10O17S4. The van der Waals surface area contributed by atoms with Gasteiger partial charge in [0.25, 0.3) is 52.3 Å². The number of carbonyl (C=O) groups excluding carboxylic acids is 3. The number of urea groups is 1. The molecule has 8 aromatic carbocycles. The van der Waals surface area contributed by atoms with Gasteiger partial charge in [0, 0.05) is 46.0 Å². The van der Waals surface area contributed by atoms with E-state index in [1.54, 1.807) is 0 Å². The molecule has 8 rings (SSSR count). The van der Waals surface area contributed by atoms with E-state index in [2.05, 4.69) is 41.7 Å². The second-order valence-electron chi connectivity index (χ2n) is 16.4. The van der Waals surface area contributed by atoms with Crippen molar-refractivity contribution in [3.63, 3.8) is 0 Å². The summed E-state index contributed by atoms with van der Waals surface area (Å²) in [6.45, 7) is 0. The Kier molecular flexibility index (Phi) is 14.7. The average Bonchev–Trinajstić information content (AvgIpc) is 3.37. The molecule has 27 nitrogen and oxygen atoms in total. The summed E-state index contributed by atoms with van der Waals surface area (Å²) in [7, 11) is -19.5. The van der Waals surface area contributed by atoms with Gasteiger partial charge in [-0.1, -0.05) is 12.1 Å². The van der Waals surface area contributed by atoms with Gasteiger partial charge in [0.2, 0.25) is 0 Å². The zero-order valence-corrected chi connectivity index (χ0v) is 42.2. The second-order valence-corrected chi connectivity index (χ2v) is 22.0. The molecule has 0 spiro atoms. The van der Waals surface area contributed by atoms with Gasteiger partial charge in [0.05, 0.1) is 31.9 Å². The lowest BCUT2D eigenvalue weighted by Crippen LogP contribution is -2.20. The van der Waals surface area contributed by atoms with Crippen molar-refractivity contribution in [1.82, 2.24) is 0 Å². The van der Waals surface area contributed by atoms with E-state index in [9.17, 15) is 76.5 Å². The van der Waals surface area contributed by atoms with Crippen LogP contribution in [0.25, 0.3) is 21.5 Å². The maximum Gasteiger partial charge on any atom is 0.323 e. The molecule has 0 aliphatic heterocycles. The minimum atomic E-state index is -5.02. The van der Waals surface area contributed by atoms with E-state index in [-0.39, 0.29) is 78.2 Å². The quantitative estimate of drug-likeness (QED) is 0.0275. The molecule has 0 fully saturated rings. The lowest BCUT2D eigenvalue weighted by atomic mass is 10.1. The number of hydrogen-bond donors (Lipinski definition) is 12. The summed E-state index contributed by atoms with van der Waals surface area (Å²) >= 11 is 0. The minimum absolute atomic E-state index is 0.0402. The molecule has 0 bridgehead atoms. The van der Waals surface area contributed by atoms with E-state index in [4.69, 9.17) is 11.5 Å². The topological polar surface area (TPSA) is 459 Å². The Morgan fingerprint density at radius 1 is 0.397 bits per heavy atom. The maximum atomic E-state index is 13.2. The van der Waals surface area contributed by atoms with Crippen LogP contribution in [-0.2, 0) is 40.5 Å². The van der Waals surface area contributed by atoms with Crippen LogP contribution in [-0.4, -0.2) is 79.9 Å². The molecule has 0 unspecified atom stereocenters. The van der Waals surface area contributed by atoms with E-state index in [0.29, 0.717) is 0 Å². The second kappa shape index (κ2) is 20.9. The van der Waals surface area contributed by atoms with Crippen molar-refractivity contribution in [2.24, 2.45) is 20.5 Å². The van der Waals surface area contributed by atoms with Crippen molar-refractivity contribution in [1.29, 1.82) is 0 Å². The Morgan fingerprint density at radius 3 is 1.08 bits per heavy atom. The number of rotatable bonds is 14. The summed E-state index contributed by atoms with van der Waals surface area (Å²) in [5, 5.41) is 46.8. The summed E-state index contributed by atoms with van der Waals surface area (Å²) < 4.78 is 135. The first-order valence-electron chi connectivity index (χ1n) is 21.6. The Labute approximate surface area is 440 Å². The van der Waals surface area contributed by atoms with E-state index in [1.165, 1.54) is 84.9 Å². The smallest absolute Gasteiger partial charge is 0.323 e. The molecule has 0 heterocycles. The number of nitrogens with two attached hydrogens (primary N) is 2. The van der Waals surface area contributed by atoms with Gasteiger partial charge in [-0.3, -0.25) is 27.8 Å². The molecule has 0 aliphatic carbocycles. The third-order valence-electron chi connectivity index (χ3n) is 11.1. The number of nitrogens with zero attached hydrogens (tertiary/aromatic N) is 4. The Bertz CT molecular complexity index is 4090. The fourth-order valence-electron chi connectivity index (χ4n) is 7.42. The summed E-state index contributed by atoms with van der Waals surface area (Å²) in [6.07, 6.45) is 0. The van der Waals surface area contributed by atoms with Gasteiger partial charge in [-0.25, -0.2) is 4.79 Å². The molecule has 0 saturated heterocycles. The van der Waals surface area contributed by atoms with Gasteiger partial charge in [-0.2, -0.15) is 33.7 Å². The molecule has 0 saturated carbocycles. The van der Waals surface area contributed by atoms with Crippen LogP contribution >= 0.6 is 0 Å². The number of benzene rings is 8. The maximum absolute atomic E-state index is 13.2. The molecule has 0 radical (unpaired) electrons. The summed E-state index contributed by atoms with van der Waals surface area (Å²) in [4.78, 5) is 36.3. The third kappa shape index (κ3) is 12.3. The molecule has 31 heteroatoms. The van der Waals surface area contributed by atoms with Gasteiger partial charge in [0.15, 0.2) is 0 Å². The third-order valence-corrected chi connectivity index (χ3v) is 14.5. The fourth-order valence-corrected chi connectivity index (χ4v) is 9.79. The van der Waals surface area contributed by atoms with E-state index in [0.717, 1.165) is 48.5 Å². The molecule has 0 aliphatic rings. The number of fused-ring (bicyclic) bond motifs is 2. The zero-order valence-electron chi connectivity index (χ0n) is 39.0. The van der Waals surface area contributed by atoms with Crippen molar-refractivity contribution in [2.75, 3.05) is 32.7 Å². The van der Waals surface area contributed by atoms with Crippen molar-refractivity contribution < 1.29 is 76.5 Å². The van der Waals surface area contributed by atoms with Gasteiger partial charge in [-0.05, 0) is 120 Å². The number of hydrogen-bond acceptors (Lipinski definition) is 19. The molecule has 0 atom stereocenters. The monoisotopic (exact) mass is 1140 g/mol. The summed E-state index contributed by atoms with van der Waals surface area (Å²) in [5.41, 5.74) is 10.9. The number of nitrogens with one attached hydrogen (secondary N) is 4. The van der Waals surface area contributed by atoms with Crippen molar-refractivity contribution in [3.8, 4) is 11.5 Å². The number of carbonyl (C=O) groups is 3. The molecule has 0 aromatic heterocycles. The first-order chi connectivity index (χ1) is 36.5. The Hall–Kier alpha value is -9.47. The number of anilines is 6. The standard InChI is InChI=1S/C47H36N10O17S4/c48-33-13-5-25-17-31(75(63,64)65)21-37(58)41(25)43(33)56-54-35-15-11-29(19-39(35)77(69,70)71)50-45(60)23-1-7-27(8-2-23)52-47(62)53-28-9-3-24(4-10-28)46(61)51-30-12-16-36(40(20-30)78(72,73)74)55-57-44-34(49)14-6-26-18-32(76(66,67)68)22-38(59)42(26)44/h1-22,58-59H,48-49H2,(H,50,60)(H,51,61)(H2,52,53,62)(H,63,64,65)(H,66,67,68)(H,69,70,71)(H,72,73,74). The average molecular weight is 1140 g/mol. The SMILES string of the molecule is Nc1ccc2cc(S(=O)(=O)O)cc(O)c2c1N=Nc1ccc(NC(=O)c2ccc(NC(=O)Nc3ccc(C(=O)Nc4ccc(N=Nc5c(N)ccc6cc(S(=O)(=O)O)cc(O)c56)c(S(=O)(=O)O)c4)cc3)cc2)cc1S(=O)(=O)O. The Morgan fingerprint density at radius 2 is 0.744 bits per heavy atom. The highest BCUT2D eigenvalue weighted by molar-refractivity contribution is 7.86. The van der Waals surface area contributed by atoms with Crippen LogP contribution in [0.1, 0.15) is 20.7 Å². The van der Waals surface area contributed by atoms with Crippen LogP contribution in [0, 0.1) is 0 Å². The number of azo groups is 2. The van der Waals surface area contributed by atoms with E-state index < -0.39 is 101 Å². The van der Waals surface area contributed by atoms with Crippen molar-refractivity contribution in [3.05, 3.63) is 145 Å². The van der Waals surface area contributed by atoms with Crippen molar-refractivity contribution in [2.45, 2.75) is 19.6 Å². The van der Waals surface area contributed by atoms with Gasteiger partial charge in [0.1, 0.15) is 44.0 Å². The molecule has 14 N–H and O–H groups in total. The van der Waals surface area contributed by atoms with Crippen LogP contribution in [0.4, 0.5) is 61.7 Å². The highest BCUT2D eigenvalue weighted by atomic mass is 32.2. The van der Waals surface area contributed by atoms with E-state index >= 15 is 0 Å².